The van der Waals surface area contributed by atoms with Gasteiger partial charge in [0.25, 0.3) is 0 Å². The van der Waals surface area contributed by atoms with E-state index in [-0.39, 0.29) is 5.75 Å². The second kappa shape index (κ2) is 6.66. The summed E-state index contributed by atoms with van der Waals surface area (Å²) in [6.07, 6.45) is 2.75. The number of thiocarbonyl (C=S) groups is 1. The molecule has 17 heavy (non-hydrogen) atoms. The first kappa shape index (κ1) is 14.9. The van der Waals surface area contributed by atoms with Gasteiger partial charge >= 0.3 is 0 Å². The van der Waals surface area contributed by atoms with Crippen molar-refractivity contribution in [2.24, 2.45) is 11.7 Å². The van der Waals surface area contributed by atoms with Crippen molar-refractivity contribution in [1.82, 2.24) is 4.90 Å². The summed E-state index contributed by atoms with van der Waals surface area (Å²) in [4.78, 5) is 2.93. The molecule has 0 bridgehead atoms. The topological polar surface area (TPSA) is 63.4 Å². The number of hydrogen-bond donors (Lipinski definition) is 1. The van der Waals surface area contributed by atoms with Crippen LogP contribution in [0.5, 0.6) is 0 Å². The number of piperidine rings is 1. The van der Waals surface area contributed by atoms with Gasteiger partial charge in [0.05, 0.1) is 10.7 Å². The highest BCUT2D eigenvalue weighted by atomic mass is 32.2. The number of nitrogens with zero attached hydrogens (tertiary/aromatic N) is 1. The highest BCUT2D eigenvalue weighted by molar-refractivity contribution is 7.91. The normalized spacial score (nSPS) is 19.4. The van der Waals surface area contributed by atoms with E-state index in [9.17, 15) is 8.42 Å². The van der Waals surface area contributed by atoms with Gasteiger partial charge in [0.1, 0.15) is 9.84 Å². The molecule has 100 valence electrons. The lowest BCUT2D eigenvalue weighted by molar-refractivity contribution is 0.210. The van der Waals surface area contributed by atoms with Crippen LogP contribution in [0, 0.1) is 5.92 Å². The molecule has 1 rings (SSSR count). The van der Waals surface area contributed by atoms with Crippen molar-refractivity contribution in [3.05, 3.63) is 0 Å². The molecule has 1 aliphatic heterocycles. The molecule has 2 N–H and O–H groups in total. The molecule has 0 aliphatic carbocycles. The molecule has 4 nitrogen and oxygen atoms in total. The molecule has 0 spiro atoms. The van der Waals surface area contributed by atoms with Crippen LogP contribution in [0.1, 0.15) is 26.2 Å². The fourth-order valence-corrected chi connectivity index (χ4v) is 3.19. The largest absolute Gasteiger partial charge is 0.393 e. The molecule has 1 heterocycles. The van der Waals surface area contributed by atoms with Crippen LogP contribution in [-0.4, -0.2) is 49.4 Å². The molecule has 1 saturated heterocycles. The first-order chi connectivity index (χ1) is 7.94. The lowest BCUT2D eigenvalue weighted by atomic mass is 9.97. The van der Waals surface area contributed by atoms with Gasteiger partial charge in [-0.25, -0.2) is 8.42 Å². The van der Waals surface area contributed by atoms with E-state index < -0.39 is 9.84 Å². The van der Waals surface area contributed by atoms with Crippen LogP contribution in [-0.2, 0) is 9.84 Å². The summed E-state index contributed by atoms with van der Waals surface area (Å²) in [5.41, 5.74) is 5.62. The maximum absolute atomic E-state index is 11.3. The van der Waals surface area contributed by atoms with E-state index in [1.807, 2.05) is 0 Å². The summed E-state index contributed by atoms with van der Waals surface area (Å²) >= 11 is 4.99. The summed E-state index contributed by atoms with van der Waals surface area (Å²) in [7, 11) is -2.81. The zero-order valence-corrected chi connectivity index (χ0v) is 12.0. The Morgan fingerprint density at radius 1 is 1.41 bits per heavy atom. The van der Waals surface area contributed by atoms with E-state index >= 15 is 0 Å². The van der Waals surface area contributed by atoms with Crippen LogP contribution in [0.15, 0.2) is 0 Å². The molecule has 0 unspecified atom stereocenters. The molecule has 0 saturated carbocycles. The van der Waals surface area contributed by atoms with Gasteiger partial charge in [0.2, 0.25) is 0 Å². The van der Waals surface area contributed by atoms with Gasteiger partial charge in [-0.15, -0.1) is 0 Å². The fourth-order valence-electron chi connectivity index (χ4n) is 2.09. The highest BCUT2D eigenvalue weighted by Crippen LogP contribution is 2.17. The standard InChI is InChI=1S/C11H22N2O2S2/c1-2-17(14,15)9-3-6-13-7-4-10(5-8-13)11(12)16/h10H,2-9H2,1H3,(H2,12,16). The van der Waals surface area contributed by atoms with Crippen molar-refractivity contribution < 1.29 is 8.42 Å². The van der Waals surface area contributed by atoms with Crippen molar-refractivity contribution in [2.45, 2.75) is 26.2 Å². The lowest BCUT2D eigenvalue weighted by Crippen LogP contribution is -2.38. The Morgan fingerprint density at radius 2 is 2.00 bits per heavy atom. The van der Waals surface area contributed by atoms with Gasteiger partial charge < -0.3 is 10.6 Å². The van der Waals surface area contributed by atoms with Gasteiger partial charge in [-0.05, 0) is 38.9 Å². The van der Waals surface area contributed by atoms with E-state index in [4.69, 9.17) is 18.0 Å². The predicted octanol–water partition coefficient (Wildman–Crippen LogP) is 0.809. The van der Waals surface area contributed by atoms with Crippen molar-refractivity contribution in [3.63, 3.8) is 0 Å². The van der Waals surface area contributed by atoms with Gasteiger partial charge in [-0.1, -0.05) is 19.1 Å². The predicted molar refractivity (Wildman–Crippen MR) is 74.9 cm³/mol. The third-order valence-electron chi connectivity index (χ3n) is 3.36. The van der Waals surface area contributed by atoms with E-state index in [1.165, 1.54) is 0 Å². The highest BCUT2D eigenvalue weighted by Gasteiger charge is 2.20. The quantitative estimate of drug-likeness (QED) is 0.729. The molecule has 0 amide bonds. The molecular formula is C11H22N2O2S2. The fraction of sp³-hybridized carbons (Fsp3) is 0.909. The zero-order chi connectivity index (χ0) is 12.9. The van der Waals surface area contributed by atoms with Crippen molar-refractivity contribution in [1.29, 1.82) is 0 Å². The van der Waals surface area contributed by atoms with Gasteiger partial charge in [0, 0.05) is 11.7 Å². The van der Waals surface area contributed by atoms with Gasteiger partial charge in [0.15, 0.2) is 0 Å². The third-order valence-corrected chi connectivity index (χ3v) is 5.48. The van der Waals surface area contributed by atoms with Crippen LogP contribution in [0.2, 0.25) is 0 Å². The van der Waals surface area contributed by atoms with E-state index in [2.05, 4.69) is 4.90 Å². The third kappa shape index (κ3) is 5.31. The number of rotatable bonds is 6. The van der Waals surface area contributed by atoms with Gasteiger partial charge in [-0.3, -0.25) is 0 Å². The van der Waals surface area contributed by atoms with Crippen LogP contribution >= 0.6 is 12.2 Å². The van der Waals surface area contributed by atoms with Crippen molar-refractivity contribution >= 4 is 27.0 Å². The molecule has 6 heteroatoms. The molecule has 0 aromatic heterocycles. The average molecular weight is 278 g/mol. The minimum absolute atomic E-state index is 0.247. The summed E-state index contributed by atoms with van der Waals surface area (Å²) in [5.74, 6) is 0.926. The number of nitrogens with two attached hydrogens (primary N) is 1. The first-order valence-electron chi connectivity index (χ1n) is 6.16. The molecule has 1 fully saturated rings. The average Bonchev–Trinajstić information content (AvgIpc) is 2.29. The summed E-state index contributed by atoms with van der Waals surface area (Å²) in [5, 5.41) is 0. The Labute approximate surface area is 109 Å². The lowest BCUT2D eigenvalue weighted by Gasteiger charge is -2.31. The Hall–Kier alpha value is -0.200. The Bertz CT molecular complexity index is 346. The summed E-state index contributed by atoms with van der Waals surface area (Å²) < 4.78 is 22.7. The monoisotopic (exact) mass is 278 g/mol. The Morgan fingerprint density at radius 3 is 2.47 bits per heavy atom. The zero-order valence-electron chi connectivity index (χ0n) is 10.4. The maximum Gasteiger partial charge on any atom is 0.150 e. The second-order valence-electron chi connectivity index (χ2n) is 4.61. The SMILES string of the molecule is CCS(=O)(=O)CCCN1CCC(C(N)=S)CC1. The minimum Gasteiger partial charge on any atom is -0.393 e. The molecule has 0 radical (unpaired) electrons. The molecule has 0 atom stereocenters. The number of sulfone groups is 1. The van der Waals surface area contributed by atoms with E-state index in [0.29, 0.717) is 16.7 Å². The van der Waals surface area contributed by atoms with Gasteiger partial charge in [-0.2, -0.15) is 0 Å². The van der Waals surface area contributed by atoms with Crippen LogP contribution in [0.4, 0.5) is 0 Å². The number of likely N-dealkylation sites (tertiary alicyclic amines) is 1. The molecule has 0 aromatic rings. The first-order valence-corrected chi connectivity index (χ1v) is 8.39. The summed E-state index contributed by atoms with van der Waals surface area (Å²) in [6, 6.07) is 0. The molecule has 0 aromatic carbocycles. The molecular weight excluding hydrogens is 256 g/mol. The maximum atomic E-state index is 11.3. The Kier molecular flexibility index (Phi) is 5.82. The second-order valence-corrected chi connectivity index (χ2v) is 7.55. The van der Waals surface area contributed by atoms with E-state index in [1.54, 1.807) is 6.92 Å². The minimum atomic E-state index is -2.81. The van der Waals surface area contributed by atoms with E-state index in [0.717, 1.165) is 38.9 Å². The van der Waals surface area contributed by atoms with Crippen molar-refractivity contribution in [2.75, 3.05) is 31.1 Å². The number of hydrogen-bond acceptors (Lipinski definition) is 4. The molecule has 1 aliphatic rings. The van der Waals surface area contributed by atoms with Crippen LogP contribution in [0.3, 0.4) is 0 Å². The van der Waals surface area contributed by atoms with Crippen LogP contribution in [0.25, 0.3) is 0 Å². The van der Waals surface area contributed by atoms with Crippen molar-refractivity contribution in [3.8, 4) is 0 Å². The van der Waals surface area contributed by atoms with Crippen LogP contribution < -0.4 is 5.73 Å². The Balaban J connectivity index is 2.21. The smallest absolute Gasteiger partial charge is 0.150 e. The summed E-state index contributed by atoms with van der Waals surface area (Å²) in [6.45, 7) is 4.52.